The summed E-state index contributed by atoms with van der Waals surface area (Å²) < 4.78 is 3.50. The van der Waals surface area contributed by atoms with Crippen LogP contribution in [0.1, 0.15) is 34.3 Å². The zero-order valence-corrected chi connectivity index (χ0v) is 17.9. The standard InChI is InChI=1S/C24H29N5O2/c1-18-10-13-28(16-19-6-5-11-25-14-19)24(31)22(18)23(30)26-12-9-20-15-27-29(17-20)21-7-3-2-4-8-21/h2-4,7-8,10,13,15,17,19,25H,5-6,9,11-12,14,16H2,1H3,(H,26,30). The molecule has 1 aliphatic rings. The van der Waals surface area contributed by atoms with E-state index in [1.165, 1.54) is 0 Å². The van der Waals surface area contributed by atoms with Gasteiger partial charge in [-0.3, -0.25) is 9.59 Å². The first-order valence-corrected chi connectivity index (χ1v) is 10.9. The van der Waals surface area contributed by atoms with E-state index in [1.807, 2.05) is 54.2 Å². The van der Waals surface area contributed by atoms with Crippen LogP contribution in [0.25, 0.3) is 5.69 Å². The molecular formula is C24H29N5O2. The van der Waals surface area contributed by atoms with Crippen molar-refractivity contribution in [2.75, 3.05) is 19.6 Å². The van der Waals surface area contributed by atoms with E-state index in [-0.39, 0.29) is 17.0 Å². The second-order valence-corrected chi connectivity index (χ2v) is 8.18. The van der Waals surface area contributed by atoms with E-state index in [9.17, 15) is 9.59 Å². The molecule has 2 aromatic heterocycles. The van der Waals surface area contributed by atoms with Crippen molar-refractivity contribution in [3.8, 4) is 5.69 Å². The minimum Gasteiger partial charge on any atom is -0.352 e. The van der Waals surface area contributed by atoms with Gasteiger partial charge in [-0.05, 0) is 74.5 Å². The summed E-state index contributed by atoms with van der Waals surface area (Å²) in [5.74, 6) is 0.111. The predicted molar refractivity (Wildman–Crippen MR) is 121 cm³/mol. The maximum absolute atomic E-state index is 13.0. The Morgan fingerprint density at radius 3 is 2.87 bits per heavy atom. The molecule has 2 N–H and O–H groups in total. The number of carbonyl (C=O) groups is 1. The number of amides is 1. The molecule has 0 radical (unpaired) electrons. The van der Waals surface area contributed by atoms with E-state index in [2.05, 4.69) is 15.7 Å². The van der Waals surface area contributed by atoms with Crippen LogP contribution < -0.4 is 16.2 Å². The van der Waals surface area contributed by atoms with Crippen LogP contribution in [0, 0.1) is 12.8 Å². The Labute approximate surface area is 182 Å². The fraction of sp³-hybridized carbons (Fsp3) is 0.375. The number of rotatable bonds is 7. The van der Waals surface area contributed by atoms with Gasteiger partial charge in [-0.25, -0.2) is 4.68 Å². The SMILES string of the molecule is Cc1ccn(CC2CCCNC2)c(=O)c1C(=O)NCCc1cnn(-c2ccccc2)c1. The van der Waals surface area contributed by atoms with E-state index in [0.717, 1.165) is 37.2 Å². The molecule has 1 fully saturated rings. The number of nitrogens with zero attached hydrogens (tertiary/aromatic N) is 3. The van der Waals surface area contributed by atoms with Crippen molar-refractivity contribution in [1.29, 1.82) is 0 Å². The lowest BCUT2D eigenvalue weighted by Gasteiger charge is -2.23. The largest absolute Gasteiger partial charge is 0.352 e. The fourth-order valence-electron chi connectivity index (χ4n) is 4.06. The van der Waals surface area contributed by atoms with Gasteiger partial charge in [-0.2, -0.15) is 5.10 Å². The third kappa shape index (κ3) is 5.11. The number of hydrogen-bond donors (Lipinski definition) is 2. The number of nitrogens with one attached hydrogen (secondary N) is 2. The van der Waals surface area contributed by atoms with Crippen LogP contribution in [0.5, 0.6) is 0 Å². The number of para-hydroxylation sites is 1. The number of hydrogen-bond acceptors (Lipinski definition) is 4. The molecule has 1 aliphatic heterocycles. The van der Waals surface area contributed by atoms with Crippen molar-refractivity contribution in [1.82, 2.24) is 25.0 Å². The summed E-state index contributed by atoms with van der Waals surface area (Å²) in [6, 6.07) is 11.7. The van der Waals surface area contributed by atoms with Crippen molar-refractivity contribution in [3.05, 3.63) is 82.0 Å². The summed E-state index contributed by atoms with van der Waals surface area (Å²) in [6.45, 7) is 4.85. The average Bonchev–Trinajstić information content (AvgIpc) is 3.26. The van der Waals surface area contributed by atoms with Crippen LogP contribution in [-0.4, -0.2) is 39.9 Å². The highest BCUT2D eigenvalue weighted by atomic mass is 16.2. The number of aryl methyl sites for hydroxylation is 1. The Morgan fingerprint density at radius 1 is 1.26 bits per heavy atom. The Balaban J connectivity index is 1.38. The molecule has 0 spiro atoms. The quantitative estimate of drug-likeness (QED) is 0.616. The van der Waals surface area contributed by atoms with Gasteiger partial charge in [0.15, 0.2) is 0 Å². The monoisotopic (exact) mass is 419 g/mol. The highest BCUT2D eigenvalue weighted by Crippen LogP contribution is 2.13. The Bertz CT molecular complexity index is 1080. The van der Waals surface area contributed by atoms with Gasteiger partial charge in [0.2, 0.25) is 0 Å². The van der Waals surface area contributed by atoms with Crippen LogP contribution in [0.3, 0.4) is 0 Å². The summed E-state index contributed by atoms with van der Waals surface area (Å²) in [6.07, 6.45) is 8.44. The summed E-state index contributed by atoms with van der Waals surface area (Å²) in [5.41, 5.74) is 2.76. The van der Waals surface area contributed by atoms with E-state index >= 15 is 0 Å². The zero-order valence-electron chi connectivity index (χ0n) is 17.9. The van der Waals surface area contributed by atoms with Crippen LogP contribution >= 0.6 is 0 Å². The fourth-order valence-corrected chi connectivity index (χ4v) is 4.06. The van der Waals surface area contributed by atoms with Crippen LogP contribution in [0.15, 0.2) is 59.8 Å². The minimum absolute atomic E-state index is 0.208. The van der Waals surface area contributed by atoms with E-state index in [1.54, 1.807) is 17.0 Å². The van der Waals surface area contributed by atoms with Gasteiger partial charge in [0, 0.05) is 25.5 Å². The summed E-state index contributed by atoms with van der Waals surface area (Å²) in [7, 11) is 0. The van der Waals surface area contributed by atoms with Gasteiger partial charge in [-0.15, -0.1) is 0 Å². The molecule has 1 atom stereocenters. The van der Waals surface area contributed by atoms with Crippen molar-refractivity contribution in [3.63, 3.8) is 0 Å². The van der Waals surface area contributed by atoms with Crippen molar-refractivity contribution in [2.45, 2.75) is 32.7 Å². The molecule has 7 nitrogen and oxygen atoms in total. The topological polar surface area (TPSA) is 81.0 Å². The van der Waals surface area contributed by atoms with Crippen LogP contribution in [-0.2, 0) is 13.0 Å². The third-order valence-corrected chi connectivity index (χ3v) is 5.81. The summed E-state index contributed by atoms with van der Waals surface area (Å²) in [4.78, 5) is 25.8. The maximum atomic E-state index is 13.0. The van der Waals surface area contributed by atoms with E-state index in [0.29, 0.717) is 31.0 Å². The molecular weight excluding hydrogens is 390 g/mol. The Morgan fingerprint density at radius 2 is 2.10 bits per heavy atom. The van der Waals surface area contributed by atoms with Gasteiger partial charge in [0.05, 0.1) is 11.9 Å². The zero-order chi connectivity index (χ0) is 21.6. The van der Waals surface area contributed by atoms with Crippen molar-refractivity contribution < 1.29 is 4.79 Å². The van der Waals surface area contributed by atoms with Gasteiger partial charge in [0.1, 0.15) is 5.56 Å². The molecule has 0 saturated carbocycles. The lowest BCUT2D eigenvalue weighted by atomic mass is 9.99. The molecule has 0 aliphatic carbocycles. The molecule has 3 aromatic rings. The van der Waals surface area contributed by atoms with Crippen molar-refractivity contribution in [2.24, 2.45) is 5.92 Å². The lowest BCUT2D eigenvalue weighted by molar-refractivity contribution is 0.0951. The number of pyridine rings is 1. The second-order valence-electron chi connectivity index (χ2n) is 8.18. The first-order valence-electron chi connectivity index (χ1n) is 10.9. The molecule has 31 heavy (non-hydrogen) atoms. The maximum Gasteiger partial charge on any atom is 0.263 e. The normalized spacial score (nSPS) is 16.2. The number of aromatic nitrogens is 3. The Hall–Kier alpha value is -3.19. The smallest absolute Gasteiger partial charge is 0.263 e. The lowest BCUT2D eigenvalue weighted by Crippen LogP contribution is -2.38. The molecule has 4 rings (SSSR count). The van der Waals surface area contributed by atoms with Gasteiger partial charge >= 0.3 is 0 Å². The van der Waals surface area contributed by atoms with E-state index in [4.69, 9.17) is 0 Å². The molecule has 162 valence electrons. The van der Waals surface area contributed by atoms with Crippen molar-refractivity contribution >= 4 is 5.91 Å². The van der Waals surface area contributed by atoms with Crippen LogP contribution in [0.2, 0.25) is 0 Å². The summed E-state index contributed by atoms with van der Waals surface area (Å²) >= 11 is 0. The highest BCUT2D eigenvalue weighted by molar-refractivity contribution is 5.95. The molecule has 1 unspecified atom stereocenters. The number of piperidine rings is 1. The summed E-state index contributed by atoms with van der Waals surface area (Å²) in [5, 5.41) is 10.7. The number of carbonyl (C=O) groups excluding carboxylic acids is 1. The molecule has 0 bridgehead atoms. The van der Waals surface area contributed by atoms with Crippen LogP contribution in [0.4, 0.5) is 0 Å². The Kier molecular flexibility index (Phi) is 6.62. The molecule has 1 amide bonds. The minimum atomic E-state index is -0.311. The average molecular weight is 420 g/mol. The number of benzene rings is 1. The first-order chi connectivity index (χ1) is 15.1. The second kappa shape index (κ2) is 9.75. The predicted octanol–water partition coefficient (Wildman–Crippen LogP) is 2.31. The first kappa shape index (κ1) is 21.1. The third-order valence-electron chi connectivity index (χ3n) is 5.81. The van der Waals surface area contributed by atoms with Gasteiger partial charge in [-0.1, -0.05) is 18.2 Å². The molecule has 1 saturated heterocycles. The van der Waals surface area contributed by atoms with Gasteiger partial charge < -0.3 is 15.2 Å². The van der Waals surface area contributed by atoms with E-state index < -0.39 is 0 Å². The van der Waals surface area contributed by atoms with Gasteiger partial charge in [0.25, 0.3) is 11.5 Å². The molecule has 3 heterocycles. The molecule has 1 aromatic carbocycles. The highest BCUT2D eigenvalue weighted by Gasteiger charge is 2.19. The molecule has 7 heteroatoms.